The van der Waals surface area contributed by atoms with Crippen molar-refractivity contribution in [2.45, 2.75) is 66.8 Å². The molecule has 0 heterocycles. The predicted molar refractivity (Wildman–Crippen MR) is 79.2 cm³/mol. The third-order valence-corrected chi connectivity index (χ3v) is 5.02. The fourth-order valence-corrected chi connectivity index (χ4v) is 3.16. The van der Waals surface area contributed by atoms with E-state index in [-0.39, 0.29) is 11.3 Å². The van der Waals surface area contributed by atoms with Gasteiger partial charge in [0, 0.05) is 6.04 Å². The molecule has 1 aliphatic carbocycles. The van der Waals surface area contributed by atoms with Gasteiger partial charge in [-0.2, -0.15) is 0 Å². The zero-order valence-corrected chi connectivity index (χ0v) is 13.4. The Morgan fingerprint density at radius 1 is 1.32 bits per heavy atom. The molecule has 0 aromatic heterocycles. The molecule has 0 aromatic rings. The molecule has 3 unspecified atom stereocenters. The smallest absolute Gasteiger partial charge is 0.307 e. The SMILES string of the molecule is CC1C(NCCC(C)(C)C)CCC(C(=O)O)C1(C)C. The molecule has 0 amide bonds. The molecule has 112 valence electrons. The molecule has 1 rings (SSSR count). The second-order valence-corrected chi connectivity index (χ2v) is 7.95. The summed E-state index contributed by atoms with van der Waals surface area (Å²) < 4.78 is 0. The molecule has 3 nitrogen and oxygen atoms in total. The minimum atomic E-state index is -0.634. The van der Waals surface area contributed by atoms with Crippen LogP contribution in [-0.2, 0) is 4.79 Å². The van der Waals surface area contributed by atoms with Crippen LogP contribution < -0.4 is 5.32 Å². The van der Waals surface area contributed by atoms with Crippen LogP contribution in [0.3, 0.4) is 0 Å². The van der Waals surface area contributed by atoms with Crippen molar-refractivity contribution in [3.63, 3.8) is 0 Å². The van der Waals surface area contributed by atoms with Crippen LogP contribution in [0.5, 0.6) is 0 Å². The second kappa shape index (κ2) is 5.82. The van der Waals surface area contributed by atoms with Crippen LogP contribution in [0.15, 0.2) is 0 Å². The standard InChI is InChI=1S/C16H31NO2/c1-11-13(17-10-9-15(2,3)4)8-7-12(14(18)19)16(11,5)6/h11-13,17H,7-10H2,1-6H3,(H,18,19). The van der Waals surface area contributed by atoms with Crippen LogP contribution in [0.25, 0.3) is 0 Å². The van der Waals surface area contributed by atoms with Crippen LogP contribution in [0.1, 0.15) is 60.8 Å². The third kappa shape index (κ3) is 4.20. The zero-order chi connectivity index (χ0) is 14.8. The van der Waals surface area contributed by atoms with E-state index in [9.17, 15) is 9.90 Å². The molecule has 19 heavy (non-hydrogen) atoms. The van der Waals surface area contributed by atoms with E-state index in [1.165, 1.54) is 0 Å². The number of carboxylic acids is 1. The summed E-state index contributed by atoms with van der Waals surface area (Å²) in [5.74, 6) is -0.449. The number of hydrogen-bond donors (Lipinski definition) is 2. The fraction of sp³-hybridized carbons (Fsp3) is 0.938. The predicted octanol–water partition coefficient (Wildman–Crippen LogP) is 3.54. The van der Waals surface area contributed by atoms with Gasteiger partial charge in [0.1, 0.15) is 0 Å². The van der Waals surface area contributed by atoms with E-state index in [0.717, 1.165) is 25.8 Å². The summed E-state index contributed by atoms with van der Waals surface area (Å²) in [5, 5.41) is 13.0. The highest BCUT2D eigenvalue weighted by atomic mass is 16.4. The van der Waals surface area contributed by atoms with Crippen LogP contribution >= 0.6 is 0 Å². The van der Waals surface area contributed by atoms with Crippen molar-refractivity contribution in [3.8, 4) is 0 Å². The molecular formula is C16H31NO2. The van der Waals surface area contributed by atoms with E-state index in [0.29, 0.717) is 17.4 Å². The van der Waals surface area contributed by atoms with E-state index in [1.807, 2.05) is 0 Å². The second-order valence-electron chi connectivity index (χ2n) is 7.95. The average Bonchev–Trinajstić information content (AvgIpc) is 2.22. The first kappa shape index (κ1) is 16.5. The van der Waals surface area contributed by atoms with E-state index in [4.69, 9.17) is 0 Å². The van der Waals surface area contributed by atoms with Crippen LogP contribution in [0.4, 0.5) is 0 Å². The lowest BCUT2D eigenvalue weighted by Gasteiger charge is -2.46. The lowest BCUT2D eigenvalue weighted by molar-refractivity contribution is -0.150. The summed E-state index contributed by atoms with van der Waals surface area (Å²) in [4.78, 5) is 11.3. The number of hydrogen-bond acceptors (Lipinski definition) is 2. The van der Waals surface area contributed by atoms with Gasteiger partial charge in [-0.1, -0.05) is 41.5 Å². The van der Waals surface area contributed by atoms with E-state index >= 15 is 0 Å². The first-order valence-corrected chi connectivity index (χ1v) is 7.52. The maximum Gasteiger partial charge on any atom is 0.307 e. The first-order chi connectivity index (χ1) is 8.55. The maximum atomic E-state index is 11.3. The summed E-state index contributed by atoms with van der Waals surface area (Å²) in [6.07, 6.45) is 2.92. The lowest BCUT2D eigenvalue weighted by Crippen LogP contribution is -2.51. The monoisotopic (exact) mass is 269 g/mol. The molecule has 0 bridgehead atoms. The summed E-state index contributed by atoms with van der Waals surface area (Å²) in [7, 11) is 0. The number of carboxylic acid groups (broad SMARTS) is 1. The van der Waals surface area contributed by atoms with E-state index in [1.54, 1.807) is 0 Å². The van der Waals surface area contributed by atoms with Crippen molar-refractivity contribution in [1.29, 1.82) is 0 Å². The molecule has 2 N–H and O–H groups in total. The third-order valence-electron chi connectivity index (χ3n) is 5.02. The van der Waals surface area contributed by atoms with Crippen molar-refractivity contribution < 1.29 is 9.90 Å². The highest BCUT2D eigenvalue weighted by Crippen LogP contribution is 2.45. The van der Waals surface area contributed by atoms with E-state index in [2.05, 4.69) is 46.9 Å². The van der Waals surface area contributed by atoms with Gasteiger partial charge in [-0.15, -0.1) is 0 Å². The Balaban J connectivity index is 2.58. The molecule has 0 spiro atoms. The van der Waals surface area contributed by atoms with E-state index < -0.39 is 5.97 Å². The average molecular weight is 269 g/mol. The quantitative estimate of drug-likeness (QED) is 0.820. The Hall–Kier alpha value is -0.570. The van der Waals surface area contributed by atoms with Crippen LogP contribution in [0.2, 0.25) is 0 Å². The summed E-state index contributed by atoms with van der Waals surface area (Å²) >= 11 is 0. The van der Waals surface area contributed by atoms with Gasteiger partial charge < -0.3 is 10.4 Å². The Morgan fingerprint density at radius 3 is 2.37 bits per heavy atom. The zero-order valence-electron chi connectivity index (χ0n) is 13.4. The highest BCUT2D eigenvalue weighted by molar-refractivity contribution is 5.71. The molecular weight excluding hydrogens is 238 g/mol. The Morgan fingerprint density at radius 2 is 1.89 bits per heavy atom. The minimum Gasteiger partial charge on any atom is -0.481 e. The van der Waals surface area contributed by atoms with Gasteiger partial charge in [-0.05, 0) is 42.6 Å². The molecule has 3 heteroatoms. The maximum absolute atomic E-state index is 11.3. The fourth-order valence-electron chi connectivity index (χ4n) is 3.16. The van der Waals surface area contributed by atoms with Crippen molar-refractivity contribution in [2.24, 2.45) is 22.7 Å². The van der Waals surface area contributed by atoms with Crippen molar-refractivity contribution in [3.05, 3.63) is 0 Å². The van der Waals surface area contributed by atoms with Gasteiger partial charge in [-0.25, -0.2) is 0 Å². The number of nitrogens with one attached hydrogen (secondary N) is 1. The van der Waals surface area contributed by atoms with Gasteiger partial charge in [0.15, 0.2) is 0 Å². The summed E-state index contributed by atoms with van der Waals surface area (Å²) in [6.45, 7) is 14.2. The summed E-state index contributed by atoms with van der Waals surface area (Å²) in [6, 6.07) is 0.452. The molecule has 1 aliphatic rings. The Labute approximate surface area is 118 Å². The Kier molecular flexibility index (Phi) is 5.05. The lowest BCUT2D eigenvalue weighted by atomic mass is 9.61. The van der Waals surface area contributed by atoms with Crippen molar-refractivity contribution in [2.75, 3.05) is 6.54 Å². The number of carbonyl (C=O) groups is 1. The Bertz CT molecular complexity index is 317. The van der Waals surface area contributed by atoms with Gasteiger partial charge in [0.05, 0.1) is 5.92 Å². The van der Waals surface area contributed by atoms with Gasteiger partial charge in [0.2, 0.25) is 0 Å². The molecule has 0 saturated heterocycles. The highest BCUT2D eigenvalue weighted by Gasteiger charge is 2.45. The molecule has 1 saturated carbocycles. The van der Waals surface area contributed by atoms with Crippen molar-refractivity contribution in [1.82, 2.24) is 5.32 Å². The van der Waals surface area contributed by atoms with Gasteiger partial charge >= 0.3 is 5.97 Å². The number of rotatable bonds is 4. The van der Waals surface area contributed by atoms with Gasteiger partial charge in [0.25, 0.3) is 0 Å². The largest absolute Gasteiger partial charge is 0.481 e. The van der Waals surface area contributed by atoms with Crippen LogP contribution in [-0.4, -0.2) is 23.7 Å². The molecule has 3 atom stereocenters. The van der Waals surface area contributed by atoms with Crippen LogP contribution in [0, 0.1) is 22.7 Å². The first-order valence-electron chi connectivity index (χ1n) is 7.52. The summed E-state index contributed by atoms with van der Waals surface area (Å²) in [5.41, 5.74) is 0.216. The van der Waals surface area contributed by atoms with Crippen molar-refractivity contribution >= 4 is 5.97 Å². The number of aliphatic carboxylic acids is 1. The normalized spacial score (nSPS) is 31.2. The van der Waals surface area contributed by atoms with Gasteiger partial charge in [-0.3, -0.25) is 4.79 Å². The molecule has 0 aliphatic heterocycles. The topological polar surface area (TPSA) is 49.3 Å². The molecule has 1 fully saturated rings. The molecule has 0 radical (unpaired) electrons. The minimum absolute atomic E-state index is 0.135. The molecule has 0 aromatic carbocycles.